The second-order valence-electron chi connectivity index (χ2n) is 3.92. The van der Waals surface area contributed by atoms with E-state index in [1.54, 1.807) is 12.1 Å². The van der Waals surface area contributed by atoms with E-state index < -0.39 is 0 Å². The first-order valence-corrected chi connectivity index (χ1v) is 4.22. The van der Waals surface area contributed by atoms with Crippen LogP contribution in [0.2, 0.25) is 0 Å². The van der Waals surface area contributed by atoms with Crippen LogP contribution in [0.15, 0.2) is 29.4 Å². The van der Waals surface area contributed by atoms with E-state index in [0.29, 0.717) is 5.69 Å². The third-order valence-electron chi connectivity index (χ3n) is 1.70. The highest BCUT2D eigenvalue weighted by molar-refractivity contribution is 5.38. The average Bonchev–Trinajstić information content (AvgIpc) is 2.03. The first-order chi connectivity index (χ1) is 6.01. The Balaban J connectivity index is 2.75. The van der Waals surface area contributed by atoms with Crippen LogP contribution in [0.1, 0.15) is 19.4 Å². The standard InChI is InChI=1S/C10H14N2O/c1-10(2,11)7-8-3-5-9(12-13)6-4-8/h3-6H,7,11H2,1-2H3. The number of nitrogens with two attached hydrogens (primary N) is 1. The van der Waals surface area contributed by atoms with Gasteiger partial charge in [-0.3, -0.25) is 0 Å². The lowest BCUT2D eigenvalue weighted by Crippen LogP contribution is -2.34. The van der Waals surface area contributed by atoms with Crippen LogP contribution in [0.4, 0.5) is 5.69 Å². The van der Waals surface area contributed by atoms with E-state index in [2.05, 4.69) is 5.18 Å². The van der Waals surface area contributed by atoms with Crippen LogP contribution < -0.4 is 5.73 Å². The normalized spacial score (nSPS) is 11.3. The van der Waals surface area contributed by atoms with Crippen LogP contribution in [0.25, 0.3) is 0 Å². The van der Waals surface area contributed by atoms with Gasteiger partial charge in [-0.1, -0.05) is 12.1 Å². The lowest BCUT2D eigenvalue weighted by atomic mass is 9.96. The molecular formula is C10H14N2O. The topological polar surface area (TPSA) is 55.4 Å². The van der Waals surface area contributed by atoms with Gasteiger partial charge in [0.25, 0.3) is 0 Å². The molecule has 0 aliphatic rings. The zero-order chi connectivity index (χ0) is 9.90. The maximum Gasteiger partial charge on any atom is 0.108 e. The Kier molecular flexibility index (Phi) is 2.78. The van der Waals surface area contributed by atoms with Gasteiger partial charge in [0.15, 0.2) is 0 Å². The molecule has 0 radical (unpaired) electrons. The van der Waals surface area contributed by atoms with Gasteiger partial charge in [0.1, 0.15) is 5.69 Å². The molecule has 0 saturated heterocycles. The van der Waals surface area contributed by atoms with Gasteiger partial charge in [-0.2, -0.15) is 0 Å². The number of nitroso groups, excluding NO2 is 1. The van der Waals surface area contributed by atoms with E-state index in [4.69, 9.17) is 5.73 Å². The van der Waals surface area contributed by atoms with Gasteiger partial charge in [-0.15, -0.1) is 4.91 Å². The fourth-order valence-corrected chi connectivity index (χ4v) is 1.20. The number of nitrogens with zero attached hydrogens (tertiary/aromatic N) is 1. The maximum absolute atomic E-state index is 10.1. The molecule has 3 nitrogen and oxygen atoms in total. The number of hydrogen-bond donors (Lipinski definition) is 1. The molecule has 0 aromatic heterocycles. The molecule has 0 bridgehead atoms. The molecule has 13 heavy (non-hydrogen) atoms. The van der Waals surface area contributed by atoms with Crippen molar-refractivity contribution in [1.82, 2.24) is 0 Å². The summed E-state index contributed by atoms with van der Waals surface area (Å²) in [5.74, 6) is 0. The summed E-state index contributed by atoms with van der Waals surface area (Å²) < 4.78 is 0. The van der Waals surface area contributed by atoms with E-state index in [1.165, 1.54) is 0 Å². The molecule has 1 aromatic carbocycles. The van der Waals surface area contributed by atoms with Gasteiger partial charge in [0, 0.05) is 5.54 Å². The van der Waals surface area contributed by atoms with Gasteiger partial charge in [-0.05, 0) is 43.1 Å². The molecule has 1 aromatic rings. The zero-order valence-corrected chi connectivity index (χ0v) is 7.95. The molecule has 3 heteroatoms. The fourth-order valence-electron chi connectivity index (χ4n) is 1.20. The molecule has 0 atom stereocenters. The monoisotopic (exact) mass is 178 g/mol. The van der Waals surface area contributed by atoms with Crippen LogP contribution in [0.5, 0.6) is 0 Å². The van der Waals surface area contributed by atoms with Crippen molar-refractivity contribution >= 4 is 5.69 Å². The summed E-state index contributed by atoms with van der Waals surface area (Å²) in [4.78, 5) is 10.1. The highest BCUT2D eigenvalue weighted by Crippen LogP contribution is 2.15. The van der Waals surface area contributed by atoms with Crippen LogP contribution in [0, 0.1) is 4.91 Å². The third kappa shape index (κ3) is 3.34. The van der Waals surface area contributed by atoms with E-state index in [1.807, 2.05) is 26.0 Å². The fraction of sp³-hybridized carbons (Fsp3) is 0.400. The Labute approximate surface area is 77.9 Å². The zero-order valence-electron chi connectivity index (χ0n) is 7.95. The first kappa shape index (κ1) is 9.86. The third-order valence-corrected chi connectivity index (χ3v) is 1.70. The summed E-state index contributed by atoms with van der Waals surface area (Å²) in [5.41, 5.74) is 7.22. The highest BCUT2D eigenvalue weighted by Gasteiger charge is 2.10. The van der Waals surface area contributed by atoms with Crippen molar-refractivity contribution < 1.29 is 0 Å². The molecule has 0 fully saturated rings. The summed E-state index contributed by atoms with van der Waals surface area (Å²) in [5, 5.41) is 2.83. The average molecular weight is 178 g/mol. The quantitative estimate of drug-likeness (QED) is 0.722. The minimum absolute atomic E-state index is 0.212. The van der Waals surface area contributed by atoms with Crippen molar-refractivity contribution in [3.05, 3.63) is 34.7 Å². The van der Waals surface area contributed by atoms with Gasteiger partial charge in [0.05, 0.1) is 0 Å². The summed E-state index contributed by atoms with van der Waals surface area (Å²) in [6.45, 7) is 3.94. The van der Waals surface area contributed by atoms with Crippen molar-refractivity contribution in [3.63, 3.8) is 0 Å². The van der Waals surface area contributed by atoms with E-state index in [9.17, 15) is 4.91 Å². The molecule has 0 spiro atoms. The SMILES string of the molecule is CC(C)(N)Cc1ccc(N=O)cc1. The molecular weight excluding hydrogens is 164 g/mol. The summed E-state index contributed by atoms with van der Waals surface area (Å²) in [6.07, 6.45) is 0.798. The van der Waals surface area contributed by atoms with Crippen molar-refractivity contribution in [2.45, 2.75) is 25.8 Å². The van der Waals surface area contributed by atoms with E-state index >= 15 is 0 Å². The Morgan fingerprint density at radius 3 is 2.23 bits per heavy atom. The second-order valence-corrected chi connectivity index (χ2v) is 3.92. The molecule has 0 aliphatic heterocycles. The molecule has 2 N–H and O–H groups in total. The largest absolute Gasteiger partial charge is 0.325 e. The first-order valence-electron chi connectivity index (χ1n) is 4.22. The lowest BCUT2D eigenvalue weighted by Gasteiger charge is -2.17. The number of hydrogen-bond acceptors (Lipinski definition) is 3. The summed E-state index contributed by atoms with van der Waals surface area (Å²) >= 11 is 0. The minimum atomic E-state index is -0.212. The molecule has 0 saturated carbocycles. The van der Waals surface area contributed by atoms with Crippen LogP contribution in [0.3, 0.4) is 0 Å². The molecule has 0 aliphatic carbocycles. The molecule has 0 amide bonds. The van der Waals surface area contributed by atoms with Crippen molar-refractivity contribution in [3.8, 4) is 0 Å². The smallest absolute Gasteiger partial charge is 0.108 e. The Bertz CT molecular complexity index is 285. The van der Waals surface area contributed by atoms with Crippen LogP contribution in [-0.2, 0) is 6.42 Å². The molecule has 1 rings (SSSR count). The van der Waals surface area contributed by atoms with Gasteiger partial charge >= 0.3 is 0 Å². The predicted molar refractivity (Wildman–Crippen MR) is 53.9 cm³/mol. The number of rotatable bonds is 3. The summed E-state index contributed by atoms with van der Waals surface area (Å²) in [7, 11) is 0. The summed E-state index contributed by atoms with van der Waals surface area (Å²) in [6, 6.07) is 7.17. The molecule has 0 unspecified atom stereocenters. The Morgan fingerprint density at radius 2 is 1.85 bits per heavy atom. The van der Waals surface area contributed by atoms with E-state index in [0.717, 1.165) is 12.0 Å². The van der Waals surface area contributed by atoms with Gasteiger partial charge in [0.2, 0.25) is 0 Å². The molecule has 0 heterocycles. The van der Waals surface area contributed by atoms with Crippen molar-refractivity contribution in [1.29, 1.82) is 0 Å². The van der Waals surface area contributed by atoms with Gasteiger partial charge < -0.3 is 5.73 Å². The lowest BCUT2D eigenvalue weighted by molar-refractivity contribution is 0.517. The molecule has 70 valence electrons. The van der Waals surface area contributed by atoms with Gasteiger partial charge in [-0.25, -0.2) is 0 Å². The highest BCUT2D eigenvalue weighted by atomic mass is 16.3. The second kappa shape index (κ2) is 3.66. The Morgan fingerprint density at radius 1 is 1.31 bits per heavy atom. The number of benzene rings is 1. The Hall–Kier alpha value is -1.22. The van der Waals surface area contributed by atoms with Crippen LogP contribution >= 0.6 is 0 Å². The minimum Gasteiger partial charge on any atom is -0.325 e. The van der Waals surface area contributed by atoms with Crippen molar-refractivity contribution in [2.24, 2.45) is 10.9 Å². The van der Waals surface area contributed by atoms with Crippen LogP contribution in [-0.4, -0.2) is 5.54 Å². The van der Waals surface area contributed by atoms with E-state index in [-0.39, 0.29) is 5.54 Å². The maximum atomic E-state index is 10.1. The van der Waals surface area contributed by atoms with Crippen molar-refractivity contribution in [2.75, 3.05) is 0 Å². The predicted octanol–water partition coefficient (Wildman–Crippen LogP) is 2.36.